The third-order valence-electron chi connectivity index (χ3n) is 2.08. The molecule has 1 aromatic carbocycles. The van der Waals surface area contributed by atoms with Crippen LogP contribution in [0.2, 0.25) is 0 Å². The zero-order chi connectivity index (χ0) is 12.1. The van der Waals surface area contributed by atoms with Crippen molar-refractivity contribution >= 4 is 31.9 Å². The molecular weight excluding hydrogens is 338 g/mol. The molecule has 0 bridgehead atoms. The van der Waals surface area contributed by atoms with Crippen LogP contribution in [0.4, 0.5) is 0 Å². The molecule has 1 aromatic rings. The Morgan fingerprint density at radius 3 is 2.38 bits per heavy atom. The van der Waals surface area contributed by atoms with Crippen LogP contribution in [-0.4, -0.2) is 17.8 Å². The van der Waals surface area contributed by atoms with Crippen LogP contribution in [0.3, 0.4) is 0 Å². The molecule has 0 saturated carbocycles. The Hall–Kier alpha value is -0.100. The number of hydrogen-bond donors (Lipinski definition) is 2. The molecule has 0 radical (unpaired) electrons. The highest BCUT2D eigenvalue weighted by molar-refractivity contribution is 9.11. The Kier molecular flexibility index (Phi) is 5.75. The van der Waals surface area contributed by atoms with Crippen LogP contribution in [0, 0.1) is 0 Å². The number of aliphatic hydroxyl groups excluding tert-OH is 1. The SMILES string of the molecule is CC(O)CCOc1c(Br)cc(CN)cc1Br. The molecule has 0 aromatic heterocycles. The summed E-state index contributed by atoms with van der Waals surface area (Å²) >= 11 is 6.87. The minimum atomic E-state index is -0.346. The van der Waals surface area contributed by atoms with E-state index in [2.05, 4.69) is 31.9 Å². The van der Waals surface area contributed by atoms with Crippen molar-refractivity contribution in [2.75, 3.05) is 6.61 Å². The molecule has 0 aliphatic heterocycles. The number of hydrogen-bond acceptors (Lipinski definition) is 3. The maximum Gasteiger partial charge on any atom is 0.147 e. The van der Waals surface area contributed by atoms with Crippen LogP contribution < -0.4 is 10.5 Å². The molecule has 0 saturated heterocycles. The monoisotopic (exact) mass is 351 g/mol. The van der Waals surface area contributed by atoms with E-state index in [1.165, 1.54) is 0 Å². The molecule has 1 rings (SSSR count). The van der Waals surface area contributed by atoms with Crippen molar-refractivity contribution in [2.24, 2.45) is 5.73 Å². The maximum atomic E-state index is 9.13. The molecule has 3 N–H and O–H groups in total. The molecule has 1 atom stereocenters. The van der Waals surface area contributed by atoms with Crippen LogP contribution in [0.5, 0.6) is 5.75 Å². The second-order valence-corrected chi connectivity index (χ2v) is 5.29. The first-order chi connectivity index (χ1) is 7.54. The summed E-state index contributed by atoms with van der Waals surface area (Å²) in [5, 5.41) is 9.13. The Bertz CT molecular complexity index is 333. The Labute approximate surface area is 112 Å². The topological polar surface area (TPSA) is 55.5 Å². The minimum Gasteiger partial charge on any atom is -0.491 e. The van der Waals surface area contributed by atoms with Gasteiger partial charge in [-0.05, 0) is 56.5 Å². The van der Waals surface area contributed by atoms with E-state index in [0.29, 0.717) is 19.6 Å². The fraction of sp³-hybridized carbons (Fsp3) is 0.455. The zero-order valence-electron chi connectivity index (χ0n) is 9.04. The lowest BCUT2D eigenvalue weighted by atomic mass is 10.2. The molecule has 90 valence electrons. The van der Waals surface area contributed by atoms with Gasteiger partial charge in [0.2, 0.25) is 0 Å². The van der Waals surface area contributed by atoms with Crippen molar-refractivity contribution in [1.29, 1.82) is 0 Å². The molecule has 0 spiro atoms. The number of benzene rings is 1. The predicted molar refractivity (Wildman–Crippen MR) is 71.5 cm³/mol. The van der Waals surface area contributed by atoms with Gasteiger partial charge in [0.25, 0.3) is 0 Å². The normalized spacial score (nSPS) is 12.6. The number of nitrogens with two attached hydrogens (primary N) is 1. The summed E-state index contributed by atoms with van der Waals surface area (Å²) in [6, 6.07) is 3.87. The van der Waals surface area contributed by atoms with E-state index in [1.54, 1.807) is 6.92 Å². The first-order valence-corrected chi connectivity index (χ1v) is 6.62. The molecule has 0 aliphatic carbocycles. The van der Waals surface area contributed by atoms with Gasteiger partial charge < -0.3 is 15.6 Å². The third kappa shape index (κ3) is 4.05. The molecule has 16 heavy (non-hydrogen) atoms. The van der Waals surface area contributed by atoms with Gasteiger partial charge in [0.05, 0.1) is 21.7 Å². The summed E-state index contributed by atoms with van der Waals surface area (Å²) in [6.45, 7) is 2.72. The molecule has 0 aliphatic rings. The fourth-order valence-electron chi connectivity index (χ4n) is 1.20. The van der Waals surface area contributed by atoms with E-state index in [4.69, 9.17) is 15.6 Å². The number of halogens is 2. The Balaban J connectivity index is 2.72. The highest BCUT2D eigenvalue weighted by atomic mass is 79.9. The standard InChI is InChI=1S/C11H15Br2NO2/c1-7(15)2-3-16-11-9(12)4-8(6-14)5-10(11)13/h4-5,7,15H,2-3,6,14H2,1H3. The van der Waals surface area contributed by atoms with Crippen molar-refractivity contribution in [1.82, 2.24) is 0 Å². The molecular formula is C11H15Br2NO2. The highest BCUT2D eigenvalue weighted by Crippen LogP contribution is 2.34. The summed E-state index contributed by atoms with van der Waals surface area (Å²) in [6.07, 6.45) is 0.262. The summed E-state index contributed by atoms with van der Waals surface area (Å²) in [5.41, 5.74) is 6.59. The van der Waals surface area contributed by atoms with Gasteiger partial charge in [0.1, 0.15) is 5.75 Å². The Morgan fingerprint density at radius 2 is 1.94 bits per heavy atom. The van der Waals surface area contributed by atoms with Crippen LogP contribution in [-0.2, 0) is 6.54 Å². The predicted octanol–water partition coefficient (Wildman–Crippen LogP) is 2.82. The summed E-state index contributed by atoms with van der Waals surface area (Å²) < 4.78 is 7.32. The summed E-state index contributed by atoms with van der Waals surface area (Å²) in [4.78, 5) is 0. The van der Waals surface area contributed by atoms with E-state index in [0.717, 1.165) is 20.3 Å². The highest BCUT2D eigenvalue weighted by Gasteiger charge is 2.08. The molecule has 3 nitrogen and oxygen atoms in total. The number of aliphatic hydroxyl groups is 1. The van der Waals surface area contributed by atoms with Crippen LogP contribution in [0.15, 0.2) is 21.1 Å². The van der Waals surface area contributed by atoms with Crippen LogP contribution in [0.1, 0.15) is 18.9 Å². The number of rotatable bonds is 5. The third-order valence-corrected chi connectivity index (χ3v) is 3.25. The summed E-state index contributed by atoms with van der Waals surface area (Å²) in [7, 11) is 0. The second kappa shape index (κ2) is 6.59. The molecule has 0 fully saturated rings. The first kappa shape index (κ1) is 14.0. The van der Waals surface area contributed by atoms with Gasteiger partial charge in [0, 0.05) is 13.0 Å². The van der Waals surface area contributed by atoms with E-state index in [9.17, 15) is 0 Å². The summed E-state index contributed by atoms with van der Waals surface area (Å²) in [5.74, 6) is 0.748. The van der Waals surface area contributed by atoms with Crippen molar-refractivity contribution in [3.63, 3.8) is 0 Å². The lowest BCUT2D eigenvalue weighted by Gasteiger charge is -2.12. The van der Waals surface area contributed by atoms with E-state index < -0.39 is 0 Å². The lowest BCUT2D eigenvalue weighted by Crippen LogP contribution is -2.08. The Morgan fingerprint density at radius 1 is 1.38 bits per heavy atom. The van der Waals surface area contributed by atoms with Gasteiger partial charge in [-0.2, -0.15) is 0 Å². The van der Waals surface area contributed by atoms with Crippen LogP contribution >= 0.6 is 31.9 Å². The van der Waals surface area contributed by atoms with Gasteiger partial charge in [-0.25, -0.2) is 0 Å². The van der Waals surface area contributed by atoms with Crippen molar-refractivity contribution in [2.45, 2.75) is 26.0 Å². The molecule has 0 amide bonds. The van der Waals surface area contributed by atoms with Crippen LogP contribution in [0.25, 0.3) is 0 Å². The molecule has 5 heteroatoms. The van der Waals surface area contributed by atoms with E-state index >= 15 is 0 Å². The smallest absolute Gasteiger partial charge is 0.147 e. The second-order valence-electron chi connectivity index (χ2n) is 3.58. The average Bonchev–Trinajstić information content (AvgIpc) is 2.21. The molecule has 1 unspecified atom stereocenters. The van der Waals surface area contributed by atoms with Crippen molar-refractivity contribution in [3.8, 4) is 5.75 Å². The largest absolute Gasteiger partial charge is 0.491 e. The minimum absolute atomic E-state index is 0.346. The van der Waals surface area contributed by atoms with E-state index in [-0.39, 0.29) is 6.10 Å². The van der Waals surface area contributed by atoms with Gasteiger partial charge in [-0.1, -0.05) is 0 Å². The van der Waals surface area contributed by atoms with Crippen molar-refractivity contribution < 1.29 is 9.84 Å². The van der Waals surface area contributed by atoms with Gasteiger partial charge in [-0.15, -0.1) is 0 Å². The lowest BCUT2D eigenvalue weighted by molar-refractivity contribution is 0.155. The number of ether oxygens (including phenoxy) is 1. The first-order valence-electron chi connectivity index (χ1n) is 5.03. The quantitative estimate of drug-likeness (QED) is 0.856. The van der Waals surface area contributed by atoms with Gasteiger partial charge >= 0.3 is 0 Å². The molecule has 0 heterocycles. The van der Waals surface area contributed by atoms with Gasteiger partial charge in [0.15, 0.2) is 0 Å². The van der Waals surface area contributed by atoms with E-state index in [1.807, 2.05) is 12.1 Å². The van der Waals surface area contributed by atoms with Crippen molar-refractivity contribution in [3.05, 3.63) is 26.6 Å². The van der Waals surface area contributed by atoms with Gasteiger partial charge in [-0.3, -0.25) is 0 Å². The zero-order valence-corrected chi connectivity index (χ0v) is 12.2. The maximum absolute atomic E-state index is 9.13. The fourth-order valence-corrected chi connectivity index (χ4v) is 2.71. The average molecular weight is 353 g/mol.